The third-order valence-corrected chi connectivity index (χ3v) is 5.47. The topological polar surface area (TPSA) is 66.5 Å². The number of nitrogens with one attached hydrogen (secondary N) is 1. The van der Waals surface area contributed by atoms with Crippen LogP contribution < -0.4 is 5.32 Å². The zero-order valence-electron chi connectivity index (χ0n) is 10.7. The van der Waals surface area contributed by atoms with E-state index < -0.39 is 10.0 Å². The number of unbranched alkanes of at least 4 members (excludes halogenated alkanes) is 1. The maximum atomic E-state index is 12.0. The summed E-state index contributed by atoms with van der Waals surface area (Å²) >= 11 is 5.53. The Kier molecular flexibility index (Phi) is 6.38. The van der Waals surface area contributed by atoms with Crippen molar-refractivity contribution in [2.75, 3.05) is 31.8 Å². The Balaban J connectivity index is 2.44. The highest BCUT2D eigenvalue weighted by Gasteiger charge is 2.30. The van der Waals surface area contributed by atoms with Gasteiger partial charge >= 0.3 is 0 Å². The molecule has 0 aromatic heterocycles. The first-order valence-electron chi connectivity index (χ1n) is 6.26. The molecule has 0 unspecified atom stereocenters. The number of nitrogens with zero attached hydrogens (tertiary/aromatic N) is 1. The molecule has 0 aromatic rings. The molecule has 0 spiro atoms. The first kappa shape index (κ1) is 15.7. The number of piperidine rings is 1. The second-order valence-corrected chi connectivity index (χ2v) is 6.97. The van der Waals surface area contributed by atoms with Crippen molar-refractivity contribution < 1.29 is 13.2 Å². The molecule has 0 radical (unpaired) electrons. The molecule has 0 bridgehead atoms. The fourth-order valence-corrected chi connectivity index (χ4v) is 3.89. The maximum absolute atomic E-state index is 12.0. The second-order valence-electron chi connectivity index (χ2n) is 4.50. The van der Waals surface area contributed by atoms with Crippen molar-refractivity contribution >= 4 is 27.5 Å². The maximum Gasteiger partial charge on any atom is 0.222 e. The zero-order chi connectivity index (χ0) is 13.6. The third kappa shape index (κ3) is 4.40. The molecule has 0 saturated carbocycles. The van der Waals surface area contributed by atoms with Gasteiger partial charge in [-0.15, -0.1) is 11.6 Å². The molecule has 0 aromatic carbocycles. The molecule has 1 N–H and O–H groups in total. The number of halogens is 1. The van der Waals surface area contributed by atoms with Crippen LogP contribution in [0.3, 0.4) is 0 Å². The van der Waals surface area contributed by atoms with E-state index in [-0.39, 0.29) is 17.6 Å². The Morgan fingerprint density at radius 2 is 1.94 bits per heavy atom. The van der Waals surface area contributed by atoms with Crippen molar-refractivity contribution in [3.05, 3.63) is 0 Å². The average Bonchev–Trinajstić information content (AvgIpc) is 2.38. The number of sulfonamides is 1. The first-order valence-corrected chi connectivity index (χ1v) is 8.41. The second kappa shape index (κ2) is 7.31. The lowest BCUT2D eigenvalue weighted by Crippen LogP contribution is -2.43. The largest absolute Gasteiger partial charge is 0.359 e. The number of carbonyl (C=O) groups excluding carboxylic acids is 1. The Labute approximate surface area is 114 Å². The van der Waals surface area contributed by atoms with Crippen LogP contribution in [0, 0.1) is 5.92 Å². The van der Waals surface area contributed by atoms with Crippen LogP contribution in [0.4, 0.5) is 0 Å². The van der Waals surface area contributed by atoms with E-state index >= 15 is 0 Å². The summed E-state index contributed by atoms with van der Waals surface area (Å²) in [6, 6.07) is 0. The predicted octanol–water partition coefficient (Wildman–Crippen LogP) is 0.793. The molecule has 18 heavy (non-hydrogen) atoms. The molecule has 1 aliphatic heterocycles. The molecule has 1 saturated heterocycles. The molecule has 7 heteroatoms. The van der Waals surface area contributed by atoms with Crippen LogP contribution in [0.2, 0.25) is 0 Å². The van der Waals surface area contributed by atoms with E-state index in [1.165, 1.54) is 4.31 Å². The van der Waals surface area contributed by atoms with Crippen molar-refractivity contribution in [3.8, 4) is 0 Å². The van der Waals surface area contributed by atoms with Crippen LogP contribution in [0.5, 0.6) is 0 Å². The van der Waals surface area contributed by atoms with Gasteiger partial charge in [0.2, 0.25) is 15.9 Å². The smallest absolute Gasteiger partial charge is 0.222 e. The average molecular weight is 297 g/mol. The van der Waals surface area contributed by atoms with E-state index in [2.05, 4.69) is 5.32 Å². The Morgan fingerprint density at radius 1 is 1.33 bits per heavy atom. The lowest BCUT2D eigenvalue weighted by Gasteiger charge is -2.30. The predicted molar refractivity (Wildman–Crippen MR) is 72.1 cm³/mol. The van der Waals surface area contributed by atoms with Gasteiger partial charge in [0.1, 0.15) is 0 Å². The monoisotopic (exact) mass is 296 g/mol. The number of hydrogen-bond acceptors (Lipinski definition) is 3. The molecule has 5 nitrogen and oxygen atoms in total. The molecule has 1 fully saturated rings. The summed E-state index contributed by atoms with van der Waals surface area (Å²) in [6.45, 7) is 0.891. The summed E-state index contributed by atoms with van der Waals surface area (Å²) in [4.78, 5) is 11.4. The van der Waals surface area contributed by atoms with Crippen LogP contribution >= 0.6 is 11.6 Å². The van der Waals surface area contributed by atoms with Crippen LogP contribution in [0.25, 0.3) is 0 Å². The summed E-state index contributed by atoms with van der Waals surface area (Å²) in [5.41, 5.74) is 0. The minimum atomic E-state index is -3.17. The first-order chi connectivity index (χ1) is 8.51. The Bertz CT molecular complexity index is 364. The molecule has 0 atom stereocenters. The van der Waals surface area contributed by atoms with Gasteiger partial charge in [0, 0.05) is 31.9 Å². The van der Waals surface area contributed by atoms with Gasteiger partial charge in [-0.05, 0) is 25.7 Å². The third-order valence-electron chi connectivity index (χ3n) is 3.25. The van der Waals surface area contributed by atoms with Gasteiger partial charge in [-0.3, -0.25) is 4.79 Å². The van der Waals surface area contributed by atoms with Crippen molar-refractivity contribution in [1.29, 1.82) is 0 Å². The molecular formula is C11H21ClN2O3S. The minimum Gasteiger partial charge on any atom is -0.359 e. The Morgan fingerprint density at radius 3 is 2.44 bits per heavy atom. The molecule has 106 valence electrons. The SMILES string of the molecule is CNC(=O)C1CCN(S(=O)(=O)CCCCCl)CC1. The van der Waals surface area contributed by atoms with E-state index in [9.17, 15) is 13.2 Å². The normalized spacial score (nSPS) is 18.8. The summed E-state index contributed by atoms with van der Waals surface area (Å²) < 4.78 is 25.5. The molecule has 1 aliphatic rings. The summed E-state index contributed by atoms with van der Waals surface area (Å²) in [5.74, 6) is 0.608. The van der Waals surface area contributed by atoms with Crippen LogP contribution in [0.15, 0.2) is 0 Å². The number of rotatable bonds is 6. The van der Waals surface area contributed by atoms with Crippen LogP contribution in [0.1, 0.15) is 25.7 Å². The van der Waals surface area contributed by atoms with E-state index in [1.54, 1.807) is 7.05 Å². The van der Waals surface area contributed by atoms with E-state index in [1.807, 2.05) is 0 Å². The number of hydrogen-bond donors (Lipinski definition) is 1. The fraction of sp³-hybridized carbons (Fsp3) is 0.909. The van der Waals surface area contributed by atoms with Crippen molar-refractivity contribution in [1.82, 2.24) is 9.62 Å². The lowest BCUT2D eigenvalue weighted by atomic mass is 9.97. The van der Waals surface area contributed by atoms with Gasteiger partial charge in [0.05, 0.1) is 5.75 Å². The molecule has 0 aliphatic carbocycles. The highest BCUT2D eigenvalue weighted by molar-refractivity contribution is 7.89. The van der Waals surface area contributed by atoms with Crippen LogP contribution in [-0.4, -0.2) is 50.4 Å². The standard InChI is InChI=1S/C11H21ClN2O3S/c1-13-11(15)10-4-7-14(8-5-10)18(16,17)9-3-2-6-12/h10H,2-9H2,1H3,(H,13,15). The molecule has 1 amide bonds. The number of amides is 1. The van der Waals surface area contributed by atoms with Crippen molar-refractivity contribution in [2.24, 2.45) is 5.92 Å². The van der Waals surface area contributed by atoms with E-state index in [4.69, 9.17) is 11.6 Å². The van der Waals surface area contributed by atoms with Gasteiger partial charge < -0.3 is 5.32 Å². The van der Waals surface area contributed by atoms with Gasteiger partial charge in [0.15, 0.2) is 0 Å². The van der Waals surface area contributed by atoms with Gasteiger partial charge in [0.25, 0.3) is 0 Å². The minimum absolute atomic E-state index is 0.00851. The van der Waals surface area contributed by atoms with Gasteiger partial charge in [-0.1, -0.05) is 0 Å². The van der Waals surface area contributed by atoms with Crippen molar-refractivity contribution in [2.45, 2.75) is 25.7 Å². The molecule has 1 heterocycles. The fourth-order valence-electron chi connectivity index (χ4n) is 2.11. The summed E-state index contributed by atoms with van der Waals surface area (Å²) in [7, 11) is -1.56. The van der Waals surface area contributed by atoms with Crippen molar-refractivity contribution in [3.63, 3.8) is 0 Å². The summed E-state index contributed by atoms with van der Waals surface area (Å²) in [5, 5.41) is 2.61. The quantitative estimate of drug-likeness (QED) is 0.582. The van der Waals surface area contributed by atoms with E-state index in [0.29, 0.717) is 38.2 Å². The van der Waals surface area contributed by atoms with Crippen LogP contribution in [-0.2, 0) is 14.8 Å². The number of carbonyl (C=O) groups is 1. The van der Waals surface area contributed by atoms with Gasteiger partial charge in [-0.2, -0.15) is 0 Å². The lowest BCUT2D eigenvalue weighted by molar-refractivity contribution is -0.125. The highest BCUT2D eigenvalue weighted by atomic mass is 35.5. The zero-order valence-corrected chi connectivity index (χ0v) is 12.3. The number of alkyl halides is 1. The summed E-state index contributed by atoms with van der Waals surface area (Å²) in [6.07, 6.45) is 2.53. The highest BCUT2D eigenvalue weighted by Crippen LogP contribution is 2.20. The molecular weight excluding hydrogens is 276 g/mol. The van der Waals surface area contributed by atoms with Gasteiger partial charge in [-0.25, -0.2) is 12.7 Å². The van der Waals surface area contributed by atoms with E-state index in [0.717, 1.165) is 6.42 Å². The molecule has 1 rings (SSSR count). The Hall–Kier alpha value is -0.330.